The third-order valence-electron chi connectivity index (χ3n) is 5.69. The molecule has 3 aliphatic rings. The quantitative estimate of drug-likeness (QED) is 0.717. The Balaban J connectivity index is 2.08. The fourth-order valence-corrected chi connectivity index (χ4v) is 4.44. The second kappa shape index (κ2) is 4.20. The molecule has 108 valence electrons. The largest absolute Gasteiger partial charge is 0.381 e. The molecule has 0 radical (unpaired) electrons. The minimum atomic E-state index is -0.772. The van der Waals surface area contributed by atoms with Gasteiger partial charge in [-0.25, -0.2) is 0 Å². The van der Waals surface area contributed by atoms with E-state index < -0.39 is 5.60 Å². The van der Waals surface area contributed by atoms with Crippen LogP contribution in [-0.4, -0.2) is 10.7 Å². The van der Waals surface area contributed by atoms with Crippen molar-refractivity contribution in [1.82, 2.24) is 0 Å². The summed E-state index contributed by atoms with van der Waals surface area (Å²) in [6, 6.07) is 8.64. The van der Waals surface area contributed by atoms with Crippen molar-refractivity contribution >= 4 is 11.1 Å². The molecule has 1 N–H and O–H groups in total. The molecule has 1 aromatic carbocycles. The van der Waals surface area contributed by atoms with E-state index in [0.717, 1.165) is 18.4 Å². The maximum absolute atomic E-state index is 11.2. The van der Waals surface area contributed by atoms with Gasteiger partial charge in [0.25, 0.3) is 0 Å². The Hall–Kier alpha value is -1.60. The van der Waals surface area contributed by atoms with Crippen LogP contribution >= 0.6 is 0 Å². The maximum Gasteiger partial charge on any atom is 0.105 e. The summed E-state index contributed by atoms with van der Waals surface area (Å²) in [6.45, 7) is 6.35. The van der Waals surface area contributed by atoms with Crippen LogP contribution in [0, 0.1) is 0 Å². The van der Waals surface area contributed by atoms with Crippen LogP contribution in [0.5, 0.6) is 0 Å². The lowest BCUT2D eigenvalue weighted by Gasteiger charge is -2.39. The number of benzene rings is 1. The van der Waals surface area contributed by atoms with Crippen LogP contribution in [0.25, 0.3) is 11.1 Å². The van der Waals surface area contributed by atoms with Crippen molar-refractivity contribution in [3.05, 3.63) is 57.7 Å². The smallest absolute Gasteiger partial charge is 0.105 e. The van der Waals surface area contributed by atoms with Gasteiger partial charge in [0.1, 0.15) is 5.60 Å². The molecule has 0 heterocycles. The first-order valence-electron chi connectivity index (χ1n) is 8.01. The van der Waals surface area contributed by atoms with Crippen molar-refractivity contribution in [3.8, 4) is 0 Å². The second-order valence-electron chi connectivity index (χ2n) is 6.78. The average Bonchev–Trinajstić information content (AvgIpc) is 2.79. The first kappa shape index (κ1) is 13.1. The third-order valence-corrected chi connectivity index (χ3v) is 5.69. The van der Waals surface area contributed by atoms with Crippen LogP contribution in [0.2, 0.25) is 0 Å². The molecule has 1 atom stereocenters. The van der Waals surface area contributed by atoms with Crippen LogP contribution in [0.4, 0.5) is 0 Å². The van der Waals surface area contributed by atoms with Crippen molar-refractivity contribution in [2.45, 2.75) is 52.1 Å². The van der Waals surface area contributed by atoms with E-state index in [1.807, 2.05) is 6.92 Å². The zero-order chi connectivity index (χ0) is 14.8. The predicted octanol–water partition coefficient (Wildman–Crippen LogP) is 4.88. The minimum absolute atomic E-state index is 0.772. The highest BCUT2D eigenvalue weighted by atomic mass is 16.3. The van der Waals surface area contributed by atoms with E-state index >= 15 is 0 Å². The van der Waals surface area contributed by atoms with E-state index in [1.54, 1.807) is 0 Å². The Morgan fingerprint density at radius 2 is 1.62 bits per heavy atom. The molecule has 0 unspecified atom stereocenters. The molecular formula is C20H22O. The van der Waals surface area contributed by atoms with Crippen molar-refractivity contribution in [1.29, 1.82) is 0 Å². The maximum atomic E-state index is 11.2. The molecule has 0 amide bonds. The summed E-state index contributed by atoms with van der Waals surface area (Å²) in [6.07, 6.45) is 4.61. The van der Waals surface area contributed by atoms with Crippen LogP contribution in [-0.2, 0) is 0 Å². The first-order valence-corrected chi connectivity index (χ1v) is 8.01. The number of fused-ring (bicyclic) bond motifs is 4. The molecule has 4 rings (SSSR count). The summed E-state index contributed by atoms with van der Waals surface area (Å²) < 4.78 is 0. The lowest BCUT2D eigenvalue weighted by molar-refractivity contribution is 0.129. The number of aliphatic hydroxyl groups is 1. The molecule has 0 aromatic heterocycles. The summed E-state index contributed by atoms with van der Waals surface area (Å²) in [5.74, 6) is 0. The lowest BCUT2D eigenvalue weighted by Crippen LogP contribution is -2.34. The van der Waals surface area contributed by atoms with Crippen LogP contribution < -0.4 is 0 Å². The summed E-state index contributed by atoms with van der Waals surface area (Å²) in [5.41, 5.74) is 9.83. The SMILES string of the molecule is CC1=C2C3=C(CCCC3)[C@](C)(O)C(C)=C2c2ccccc21. The molecule has 0 fully saturated rings. The number of allylic oxidation sites excluding steroid dienone is 4. The summed E-state index contributed by atoms with van der Waals surface area (Å²) in [5, 5.41) is 11.2. The van der Waals surface area contributed by atoms with Gasteiger partial charge < -0.3 is 5.11 Å². The van der Waals surface area contributed by atoms with E-state index in [9.17, 15) is 5.11 Å². The van der Waals surface area contributed by atoms with E-state index in [2.05, 4.69) is 38.1 Å². The number of rotatable bonds is 0. The summed E-state index contributed by atoms with van der Waals surface area (Å²) >= 11 is 0. The van der Waals surface area contributed by atoms with Gasteiger partial charge in [0.05, 0.1) is 0 Å². The van der Waals surface area contributed by atoms with Crippen molar-refractivity contribution < 1.29 is 5.11 Å². The highest BCUT2D eigenvalue weighted by molar-refractivity contribution is 6.05. The molecule has 0 saturated heterocycles. The monoisotopic (exact) mass is 278 g/mol. The Morgan fingerprint density at radius 1 is 0.952 bits per heavy atom. The molecule has 1 heteroatoms. The lowest BCUT2D eigenvalue weighted by atomic mass is 9.68. The van der Waals surface area contributed by atoms with Crippen molar-refractivity contribution in [2.24, 2.45) is 0 Å². The van der Waals surface area contributed by atoms with E-state index in [4.69, 9.17) is 0 Å². The van der Waals surface area contributed by atoms with Crippen molar-refractivity contribution in [2.75, 3.05) is 0 Å². The molecule has 1 aromatic rings. The van der Waals surface area contributed by atoms with E-state index in [0.29, 0.717) is 0 Å². The molecule has 0 bridgehead atoms. The van der Waals surface area contributed by atoms with Gasteiger partial charge in [0.15, 0.2) is 0 Å². The second-order valence-corrected chi connectivity index (χ2v) is 6.78. The van der Waals surface area contributed by atoms with Gasteiger partial charge in [-0.05, 0) is 91.0 Å². The molecule has 0 spiro atoms. The van der Waals surface area contributed by atoms with Gasteiger partial charge in [-0.2, -0.15) is 0 Å². The Labute approximate surface area is 126 Å². The first-order chi connectivity index (χ1) is 10.0. The zero-order valence-corrected chi connectivity index (χ0v) is 13.1. The van der Waals surface area contributed by atoms with Crippen molar-refractivity contribution in [3.63, 3.8) is 0 Å². The summed E-state index contributed by atoms with van der Waals surface area (Å²) in [4.78, 5) is 0. The molecule has 0 aliphatic heterocycles. The standard InChI is InChI=1S/C20H22O/c1-12-14-8-4-5-9-15(14)19-13(2)20(3,21)17-11-7-6-10-16(17)18(12)19/h4-5,8-9,21H,6-7,10-11H2,1-3H3/t20-/m1/s1. The number of hydrogen-bond donors (Lipinski definition) is 1. The highest BCUT2D eigenvalue weighted by Gasteiger charge is 2.42. The molecule has 0 saturated carbocycles. The van der Waals surface area contributed by atoms with Gasteiger partial charge in [0.2, 0.25) is 0 Å². The van der Waals surface area contributed by atoms with Crippen LogP contribution in [0.15, 0.2) is 46.6 Å². The fraction of sp³-hybridized carbons (Fsp3) is 0.400. The summed E-state index contributed by atoms with van der Waals surface area (Å²) in [7, 11) is 0. The van der Waals surface area contributed by atoms with Gasteiger partial charge in [-0.3, -0.25) is 0 Å². The number of hydrogen-bond acceptors (Lipinski definition) is 1. The predicted molar refractivity (Wildman–Crippen MR) is 87.7 cm³/mol. The highest BCUT2D eigenvalue weighted by Crippen LogP contribution is 2.55. The van der Waals surface area contributed by atoms with Gasteiger partial charge in [0, 0.05) is 0 Å². The van der Waals surface area contributed by atoms with E-state index in [-0.39, 0.29) is 0 Å². The van der Waals surface area contributed by atoms with Crippen LogP contribution in [0.1, 0.15) is 57.6 Å². The molecule has 1 nitrogen and oxygen atoms in total. The average molecular weight is 278 g/mol. The topological polar surface area (TPSA) is 20.2 Å². The normalized spacial score (nSPS) is 27.8. The molecule has 3 aliphatic carbocycles. The Morgan fingerprint density at radius 3 is 2.38 bits per heavy atom. The molecule has 21 heavy (non-hydrogen) atoms. The van der Waals surface area contributed by atoms with E-state index in [1.165, 1.54) is 51.8 Å². The zero-order valence-electron chi connectivity index (χ0n) is 13.1. The van der Waals surface area contributed by atoms with Gasteiger partial charge >= 0.3 is 0 Å². The van der Waals surface area contributed by atoms with Gasteiger partial charge in [-0.15, -0.1) is 0 Å². The Kier molecular flexibility index (Phi) is 2.62. The Bertz CT molecular complexity index is 741. The van der Waals surface area contributed by atoms with Gasteiger partial charge in [-0.1, -0.05) is 24.3 Å². The minimum Gasteiger partial charge on any atom is -0.381 e. The van der Waals surface area contributed by atoms with Crippen LogP contribution in [0.3, 0.4) is 0 Å². The fourth-order valence-electron chi connectivity index (χ4n) is 4.44. The third kappa shape index (κ3) is 1.56. The molecular weight excluding hydrogens is 256 g/mol.